The van der Waals surface area contributed by atoms with Crippen molar-refractivity contribution in [1.82, 2.24) is 4.90 Å². The van der Waals surface area contributed by atoms with Crippen LogP contribution >= 0.6 is 0 Å². The summed E-state index contributed by atoms with van der Waals surface area (Å²) in [6.45, 7) is 7.08. The van der Waals surface area contributed by atoms with E-state index >= 15 is 0 Å². The Bertz CT molecular complexity index is 1070. The standard InChI is InChI=1S/C24H30N2O4S/c1-24(2,3)18-9-11-19(12-10-18)26-21-16-31(28,29)15-20(21)25(14-23(26)27)13-17-7-5-6-8-22(17)30-4/h5-12,20-21H,13-16H2,1-4H3/t20-,21+/m0/s1. The molecule has 0 saturated carbocycles. The summed E-state index contributed by atoms with van der Waals surface area (Å²) in [6, 6.07) is 15.0. The second kappa shape index (κ2) is 7.95. The molecule has 0 N–H and O–H groups in total. The van der Waals surface area contributed by atoms with Gasteiger partial charge in [0.1, 0.15) is 5.75 Å². The number of piperazine rings is 1. The van der Waals surface area contributed by atoms with E-state index in [1.54, 1.807) is 12.0 Å². The maximum Gasteiger partial charge on any atom is 0.241 e. The molecular formula is C24H30N2O4S. The minimum Gasteiger partial charge on any atom is -0.496 e. The third-order valence-electron chi connectivity index (χ3n) is 6.28. The van der Waals surface area contributed by atoms with E-state index in [1.165, 1.54) is 5.56 Å². The molecule has 4 rings (SSSR count). The van der Waals surface area contributed by atoms with Crippen molar-refractivity contribution in [3.63, 3.8) is 0 Å². The topological polar surface area (TPSA) is 66.9 Å². The molecule has 2 aliphatic rings. The fourth-order valence-electron chi connectivity index (χ4n) is 4.64. The lowest BCUT2D eigenvalue weighted by Crippen LogP contribution is -2.61. The van der Waals surface area contributed by atoms with Crippen molar-refractivity contribution in [2.75, 3.05) is 30.1 Å². The van der Waals surface area contributed by atoms with E-state index in [0.717, 1.165) is 17.0 Å². The van der Waals surface area contributed by atoms with Crippen LogP contribution in [-0.4, -0.2) is 56.5 Å². The number of hydrogen-bond donors (Lipinski definition) is 0. The Kier molecular flexibility index (Phi) is 5.60. The summed E-state index contributed by atoms with van der Waals surface area (Å²) < 4.78 is 30.7. The van der Waals surface area contributed by atoms with Crippen molar-refractivity contribution in [2.45, 2.75) is 44.8 Å². The first kappa shape index (κ1) is 21.8. The number of sulfone groups is 1. The normalized spacial score (nSPS) is 23.6. The number of fused-ring (bicyclic) bond motifs is 1. The molecule has 1 amide bonds. The number of rotatable bonds is 4. The van der Waals surface area contributed by atoms with E-state index in [-0.39, 0.29) is 41.5 Å². The zero-order valence-electron chi connectivity index (χ0n) is 18.5. The van der Waals surface area contributed by atoms with Gasteiger partial charge in [0, 0.05) is 23.8 Å². The van der Waals surface area contributed by atoms with Gasteiger partial charge in [0.15, 0.2) is 9.84 Å². The molecule has 0 bridgehead atoms. The van der Waals surface area contributed by atoms with Crippen LogP contribution in [0.2, 0.25) is 0 Å². The molecule has 2 saturated heterocycles. The fraction of sp³-hybridized carbons (Fsp3) is 0.458. The van der Waals surface area contributed by atoms with Gasteiger partial charge in [-0.2, -0.15) is 0 Å². The molecule has 166 valence electrons. The molecule has 2 fully saturated rings. The van der Waals surface area contributed by atoms with E-state index in [1.807, 2.05) is 53.4 Å². The molecule has 0 radical (unpaired) electrons. The minimum absolute atomic E-state index is 0.00709. The number of amides is 1. The van der Waals surface area contributed by atoms with Crippen LogP contribution in [0.25, 0.3) is 0 Å². The molecule has 0 spiro atoms. The van der Waals surface area contributed by atoms with Crippen LogP contribution in [-0.2, 0) is 26.6 Å². The van der Waals surface area contributed by atoms with Crippen molar-refractivity contribution in [3.05, 3.63) is 59.7 Å². The number of nitrogens with zero attached hydrogens (tertiary/aromatic N) is 2. The zero-order chi connectivity index (χ0) is 22.4. The Morgan fingerprint density at radius 3 is 2.29 bits per heavy atom. The van der Waals surface area contributed by atoms with Crippen LogP contribution < -0.4 is 9.64 Å². The highest BCUT2D eigenvalue weighted by Crippen LogP contribution is 2.34. The van der Waals surface area contributed by atoms with Gasteiger partial charge in [-0.05, 0) is 29.2 Å². The number of methoxy groups -OCH3 is 1. The largest absolute Gasteiger partial charge is 0.496 e. The number of hydrogen-bond acceptors (Lipinski definition) is 5. The monoisotopic (exact) mass is 442 g/mol. The van der Waals surface area contributed by atoms with Gasteiger partial charge in [0.25, 0.3) is 0 Å². The molecule has 2 atom stereocenters. The van der Waals surface area contributed by atoms with Gasteiger partial charge >= 0.3 is 0 Å². The summed E-state index contributed by atoms with van der Waals surface area (Å²) in [5.74, 6) is 0.730. The molecule has 0 aromatic heterocycles. The number of ether oxygens (including phenoxy) is 1. The summed E-state index contributed by atoms with van der Waals surface area (Å²) in [5, 5.41) is 0. The predicted molar refractivity (Wildman–Crippen MR) is 122 cm³/mol. The van der Waals surface area contributed by atoms with E-state index in [4.69, 9.17) is 4.74 Å². The molecular weight excluding hydrogens is 412 g/mol. The van der Waals surface area contributed by atoms with Crippen molar-refractivity contribution >= 4 is 21.4 Å². The van der Waals surface area contributed by atoms with Crippen molar-refractivity contribution in [2.24, 2.45) is 0 Å². The summed E-state index contributed by atoms with van der Waals surface area (Å²) in [6.07, 6.45) is 0. The third-order valence-corrected chi connectivity index (χ3v) is 7.98. The molecule has 0 unspecified atom stereocenters. The zero-order valence-corrected chi connectivity index (χ0v) is 19.4. The first-order valence-corrected chi connectivity index (χ1v) is 12.4. The van der Waals surface area contributed by atoms with E-state index in [9.17, 15) is 13.2 Å². The second-order valence-electron chi connectivity index (χ2n) is 9.49. The molecule has 2 aliphatic heterocycles. The lowest BCUT2D eigenvalue weighted by atomic mass is 9.87. The maximum absolute atomic E-state index is 13.2. The smallest absolute Gasteiger partial charge is 0.241 e. The highest BCUT2D eigenvalue weighted by atomic mass is 32.2. The van der Waals surface area contributed by atoms with E-state index in [2.05, 4.69) is 20.8 Å². The average molecular weight is 443 g/mol. The van der Waals surface area contributed by atoms with Crippen LogP contribution in [0.15, 0.2) is 48.5 Å². The number of anilines is 1. The average Bonchev–Trinajstić information content (AvgIpc) is 3.03. The summed E-state index contributed by atoms with van der Waals surface area (Å²) in [4.78, 5) is 16.9. The van der Waals surface area contributed by atoms with E-state index < -0.39 is 9.84 Å². The Morgan fingerprint density at radius 1 is 1.00 bits per heavy atom. The Balaban J connectivity index is 1.65. The van der Waals surface area contributed by atoms with Gasteiger partial charge in [-0.25, -0.2) is 8.42 Å². The number of para-hydroxylation sites is 1. The van der Waals surface area contributed by atoms with Crippen molar-refractivity contribution < 1.29 is 17.9 Å². The van der Waals surface area contributed by atoms with Gasteiger partial charge in [-0.1, -0.05) is 51.1 Å². The number of carbonyl (C=O) groups excluding carboxylic acids is 1. The van der Waals surface area contributed by atoms with Gasteiger partial charge < -0.3 is 9.64 Å². The minimum atomic E-state index is -3.23. The quantitative estimate of drug-likeness (QED) is 0.728. The summed E-state index contributed by atoms with van der Waals surface area (Å²) in [5.41, 5.74) is 2.90. The van der Waals surface area contributed by atoms with E-state index in [0.29, 0.717) is 6.54 Å². The molecule has 7 heteroatoms. The first-order valence-electron chi connectivity index (χ1n) is 10.6. The molecule has 6 nitrogen and oxygen atoms in total. The molecule has 0 aliphatic carbocycles. The predicted octanol–water partition coefficient (Wildman–Crippen LogP) is 3.01. The van der Waals surface area contributed by atoms with Gasteiger partial charge in [0.05, 0.1) is 31.2 Å². The first-order chi connectivity index (χ1) is 14.6. The maximum atomic E-state index is 13.2. The molecule has 2 heterocycles. The SMILES string of the molecule is COc1ccccc1CN1CC(=O)N(c2ccc(C(C)(C)C)cc2)[C@@H]2CS(=O)(=O)C[C@@H]21. The van der Waals surface area contributed by atoms with Crippen LogP contribution in [0.1, 0.15) is 31.9 Å². The summed E-state index contributed by atoms with van der Waals surface area (Å²) in [7, 11) is -1.62. The van der Waals surface area contributed by atoms with Gasteiger partial charge in [-0.3, -0.25) is 9.69 Å². The molecule has 2 aromatic rings. The van der Waals surface area contributed by atoms with Gasteiger partial charge in [0.2, 0.25) is 5.91 Å². The third kappa shape index (κ3) is 4.34. The molecule has 31 heavy (non-hydrogen) atoms. The van der Waals surface area contributed by atoms with Crippen LogP contribution in [0.3, 0.4) is 0 Å². The van der Waals surface area contributed by atoms with Crippen LogP contribution in [0.4, 0.5) is 5.69 Å². The highest BCUT2D eigenvalue weighted by molar-refractivity contribution is 7.91. The Hall–Kier alpha value is -2.38. The highest BCUT2D eigenvalue weighted by Gasteiger charge is 2.49. The number of carbonyl (C=O) groups is 1. The van der Waals surface area contributed by atoms with Crippen molar-refractivity contribution in [1.29, 1.82) is 0 Å². The fourth-order valence-corrected chi connectivity index (χ4v) is 6.62. The van der Waals surface area contributed by atoms with Crippen LogP contribution in [0, 0.1) is 0 Å². The van der Waals surface area contributed by atoms with Gasteiger partial charge in [-0.15, -0.1) is 0 Å². The Labute approximate surface area is 184 Å². The van der Waals surface area contributed by atoms with Crippen molar-refractivity contribution in [3.8, 4) is 5.75 Å². The molecule has 2 aromatic carbocycles. The Morgan fingerprint density at radius 2 is 1.65 bits per heavy atom. The number of benzene rings is 2. The lowest BCUT2D eigenvalue weighted by molar-refractivity contribution is -0.123. The lowest BCUT2D eigenvalue weighted by Gasteiger charge is -2.43. The van der Waals surface area contributed by atoms with Crippen LogP contribution in [0.5, 0.6) is 5.75 Å². The second-order valence-corrected chi connectivity index (χ2v) is 11.6. The summed E-state index contributed by atoms with van der Waals surface area (Å²) >= 11 is 0.